The quantitative estimate of drug-likeness (QED) is 0.848. The van der Waals surface area contributed by atoms with Crippen molar-refractivity contribution in [3.05, 3.63) is 23.8 Å². The number of amides is 1. The minimum atomic E-state index is -4.81. The van der Waals surface area contributed by atoms with E-state index in [0.717, 1.165) is 18.9 Å². The zero-order valence-corrected chi connectivity index (χ0v) is 11.3. The van der Waals surface area contributed by atoms with Gasteiger partial charge in [-0.05, 0) is 24.6 Å². The third kappa shape index (κ3) is 4.64. The van der Waals surface area contributed by atoms with E-state index in [4.69, 9.17) is 5.73 Å². The van der Waals surface area contributed by atoms with Gasteiger partial charge >= 0.3 is 6.36 Å². The number of nitrogen functional groups attached to an aromatic ring is 1. The zero-order chi connectivity index (χ0) is 15.3. The van der Waals surface area contributed by atoms with Gasteiger partial charge in [-0.25, -0.2) is 0 Å². The van der Waals surface area contributed by atoms with Crippen LogP contribution in [0.5, 0.6) is 5.75 Å². The summed E-state index contributed by atoms with van der Waals surface area (Å²) < 4.78 is 40.0. The van der Waals surface area contributed by atoms with Crippen LogP contribution in [-0.2, 0) is 0 Å². The number of halogens is 3. The third-order valence-corrected chi connectivity index (χ3v) is 2.68. The lowest BCUT2D eigenvalue weighted by atomic mass is 10.1. The number of carbonyl (C=O) groups excluding carboxylic acids is 1. The largest absolute Gasteiger partial charge is 0.573 e. The van der Waals surface area contributed by atoms with Crippen LogP contribution in [0.2, 0.25) is 0 Å². The fraction of sp³-hybridized carbons (Fsp3) is 0.462. The molecule has 2 N–H and O–H groups in total. The Bertz CT molecular complexity index is 475. The summed E-state index contributed by atoms with van der Waals surface area (Å²) in [5.41, 5.74) is 5.48. The van der Waals surface area contributed by atoms with Gasteiger partial charge in [-0.1, -0.05) is 13.3 Å². The Morgan fingerprint density at radius 3 is 2.55 bits per heavy atom. The van der Waals surface area contributed by atoms with Crippen LogP contribution < -0.4 is 10.5 Å². The van der Waals surface area contributed by atoms with E-state index in [9.17, 15) is 18.0 Å². The number of nitrogens with two attached hydrogens (primary N) is 1. The van der Waals surface area contributed by atoms with Crippen molar-refractivity contribution in [3.8, 4) is 5.75 Å². The van der Waals surface area contributed by atoms with Crippen molar-refractivity contribution >= 4 is 11.6 Å². The standard InChI is InChI=1S/C13H17F3N2O2/c1-3-4-7-18(2)12(19)9-5-6-11(10(17)8-9)20-13(14,15)16/h5-6,8H,3-4,7,17H2,1-2H3. The Labute approximate surface area is 115 Å². The van der Waals surface area contributed by atoms with E-state index < -0.39 is 12.1 Å². The highest BCUT2D eigenvalue weighted by atomic mass is 19.4. The normalized spacial score (nSPS) is 11.2. The summed E-state index contributed by atoms with van der Waals surface area (Å²) in [5, 5.41) is 0. The predicted octanol–water partition coefficient (Wildman–Crippen LogP) is 3.04. The maximum atomic E-state index is 12.1. The number of unbranched alkanes of at least 4 members (excludes halogenated alkanes) is 1. The smallest absolute Gasteiger partial charge is 0.404 e. The van der Waals surface area contributed by atoms with Crippen LogP contribution in [0.25, 0.3) is 0 Å². The molecule has 1 aromatic carbocycles. The summed E-state index contributed by atoms with van der Waals surface area (Å²) in [6.45, 7) is 2.58. The third-order valence-electron chi connectivity index (χ3n) is 2.68. The molecular weight excluding hydrogens is 273 g/mol. The van der Waals surface area contributed by atoms with Gasteiger partial charge in [-0.2, -0.15) is 0 Å². The molecule has 0 atom stereocenters. The highest BCUT2D eigenvalue weighted by Crippen LogP contribution is 2.29. The molecule has 112 valence electrons. The second kappa shape index (κ2) is 6.49. The summed E-state index contributed by atoms with van der Waals surface area (Å²) in [4.78, 5) is 13.5. The molecule has 0 aromatic heterocycles. The van der Waals surface area contributed by atoms with E-state index in [2.05, 4.69) is 4.74 Å². The van der Waals surface area contributed by atoms with E-state index in [1.807, 2.05) is 6.92 Å². The first kappa shape index (κ1) is 16.1. The van der Waals surface area contributed by atoms with E-state index in [1.165, 1.54) is 17.0 Å². The Balaban J connectivity index is 2.84. The van der Waals surface area contributed by atoms with Gasteiger partial charge in [0.15, 0.2) is 5.75 Å². The van der Waals surface area contributed by atoms with E-state index >= 15 is 0 Å². The molecule has 20 heavy (non-hydrogen) atoms. The summed E-state index contributed by atoms with van der Waals surface area (Å²) in [6.07, 6.45) is -3.01. The van der Waals surface area contributed by atoms with Crippen molar-refractivity contribution in [1.29, 1.82) is 0 Å². The summed E-state index contributed by atoms with van der Waals surface area (Å²) in [5.74, 6) is -0.797. The first-order valence-corrected chi connectivity index (χ1v) is 6.15. The molecular formula is C13H17F3N2O2. The number of hydrogen-bond acceptors (Lipinski definition) is 3. The molecule has 1 amide bonds. The van der Waals surface area contributed by atoms with Gasteiger partial charge in [0, 0.05) is 19.2 Å². The maximum Gasteiger partial charge on any atom is 0.573 e. The molecule has 0 saturated carbocycles. The van der Waals surface area contributed by atoms with E-state index in [-0.39, 0.29) is 17.2 Å². The van der Waals surface area contributed by atoms with Crippen LogP contribution >= 0.6 is 0 Å². The van der Waals surface area contributed by atoms with E-state index in [1.54, 1.807) is 7.05 Å². The van der Waals surface area contributed by atoms with Gasteiger partial charge in [-0.3, -0.25) is 4.79 Å². The summed E-state index contributed by atoms with van der Waals surface area (Å²) >= 11 is 0. The van der Waals surface area contributed by atoms with Gasteiger partial charge in [0.25, 0.3) is 5.91 Å². The molecule has 1 aromatic rings. The molecule has 0 radical (unpaired) electrons. The SMILES string of the molecule is CCCCN(C)C(=O)c1ccc(OC(F)(F)F)c(N)c1. The number of alkyl halides is 3. The average Bonchev–Trinajstić information content (AvgIpc) is 2.36. The summed E-state index contributed by atoms with van der Waals surface area (Å²) in [7, 11) is 1.63. The molecule has 0 unspecified atom stereocenters. The van der Waals surface area contributed by atoms with Crippen LogP contribution in [0.15, 0.2) is 18.2 Å². The van der Waals surface area contributed by atoms with Crippen LogP contribution in [0.4, 0.5) is 18.9 Å². The maximum absolute atomic E-state index is 12.1. The van der Waals surface area contributed by atoms with Gasteiger partial charge in [-0.15, -0.1) is 13.2 Å². The van der Waals surface area contributed by atoms with Crippen molar-refractivity contribution in [2.24, 2.45) is 0 Å². The predicted molar refractivity (Wildman–Crippen MR) is 69.4 cm³/mol. The van der Waals surface area contributed by atoms with Crippen LogP contribution in [0.1, 0.15) is 30.1 Å². The van der Waals surface area contributed by atoms with Crippen molar-refractivity contribution in [2.75, 3.05) is 19.3 Å². The van der Waals surface area contributed by atoms with Crippen molar-refractivity contribution < 1.29 is 22.7 Å². The Kier molecular flexibility index (Phi) is 5.24. The number of benzene rings is 1. The molecule has 0 aliphatic carbocycles. The lowest BCUT2D eigenvalue weighted by Crippen LogP contribution is -2.27. The molecule has 4 nitrogen and oxygen atoms in total. The van der Waals surface area contributed by atoms with E-state index in [0.29, 0.717) is 6.54 Å². The molecule has 0 aliphatic heterocycles. The molecule has 0 bridgehead atoms. The Morgan fingerprint density at radius 2 is 2.05 bits per heavy atom. The second-order valence-electron chi connectivity index (χ2n) is 4.38. The van der Waals surface area contributed by atoms with Crippen molar-refractivity contribution in [3.63, 3.8) is 0 Å². The lowest BCUT2D eigenvalue weighted by Gasteiger charge is -2.17. The van der Waals surface area contributed by atoms with Crippen LogP contribution in [-0.4, -0.2) is 30.8 Å². The topological polar surface area (TPSA) is 55.6 Å². The number of carbonyl (C=O) groups is 1. The fourth-order valence-corrected chi connectivity index (χ4v) is 1.62. The first-order valence-electron chi connectivity index (χ1n) is 6.15. The number of ether oxygens (including phenoxy) is 1. The molecule has 0 fully saturated rings. The highest BCUT2D eigenvalue weighted by Gasteiger charge is 2.32. The Hall–Kier alpha value is -1.92. The van der Waals surface area contributed by atoms with Crippen molar-refractivity contribution in [2.45, 2.75) is 26.1 Å². The number of hydrogen-bond donors (Lipinski definition) is 1. The molecule has 7 heteroatoms. The van der Waals surface area contributed by atoms with Crippen LogP contribution in [0.3, 0.4) is 0 Å². The number of nitrogens with zero attached hydrogens (tertiary/aromatic N) is 1. The second-order valence-corrected chi connectivity index (χ2v) is 4.38. The lowest BCUT2D eigenvalue weighted by molar-refractivity contribution is -0.274. The molecule has 1 rings (SSSR count). The molecule has 0 saturated heterocycles. The number of rotatable bonds is 5. The molecule has 0 spiro atoms. The monoisotopic (exact) mass is 290 g/mol. The average molecular weight is 290 g/mol. The molecule has 0 heterocycles. The number of anilines is 1. The Morgan fingerprint density at radius 1 is 1.40 bits per heavy atom. The summed E-state index contributed by atoms with van der Waals surface area (Å²) in [6, 6.07) is 3.50. The molecule has 0 aliphatic rings. The van der Waals surface area contributed by atoms with Crippen molar-refractivity contribution in [1.82, 2.24) is 4.90 Å². The van der Waals surface area contributed by atoms with Gasteiger partial charge in [0.05, 0.1) is 5.69 Å². The highest BCUT2D eigenvalue weighted by molar-refractivity contribution is 5.95. The minimum absolute atomic E-state index is 0.225. The van der Waals surface area contributed by atoms with Crippen LogP contribution in [0, 0.1) is 0 Å². The zero-order valence-electron chi connectivity index (χ0n) is 11.3. The van der Waals surface area contributed by atoms with Gasteiger partial charge in [0.2, 0.25) is 0 Å². The minimum Gasteiger partial charge on any atom is -0.404 e. The van der Waals surface area contributed by atoms with Gasteiger partial charge < -0.3 is 15.4 Å². The first-order chi connectivity index (χ1) is 9.24. The fourth-order valence-electron chi connectivity index (χ4n) is 1.62. The van der Waals surface area contributed by atoms with Gasteiger partial charge in [0.1, 0.15) is 0 Å².